The highest BCUT2D eigenvalue weighted by Crippen LogP contribution is 2.20. The molecule has 0 unspecified atom stereocenters. The highest BCUT2D eigenvalue weighted by atomic mass is 35.5. The maximum Gasteiger partial charge on any atom is 0.316 e. The van der Waals surface area contributed by atoms with E-state index in [2.05, 4.69) is 21.5 Å². The molecule has 0 N–H and O–H groups in total. The minimum absolute atomic E-state index is 0.170. The summed E-state index contributed by atoms with van der Waals surface area (Å²) < 4.78 is 12.1. The van der Waals surface area contributed by atoms with Crippen LogP contribution in [0, 0.1) is 0 Å². The minimum atomic E-state index is -0.317. The van der Waals surface area contributed by atoms with Crippen molar-refractivity contribution in [1.82, 2.24) is 14.8 Å². The molecule has 6 nitrogen and oxygen atoms in total. The van der Waals surface area contributed by atoms with Crippen molar-refractivity contribution >= 4 is 29.3 Å². The number of hydrogen-bond donors (Lipinski definition) is 0. The Balaban J connectivity index is 2.05. The Kier molecular flexibility index (Phi) is 6.49. The van der Waals surface area contributed by atoms with E-state index in [4.69, 9.17) is 16.3 Å². The number of methoxy groups -OCH3 is 1. The van der Waals surface area contributed by atoms with Crippen molar-refractivity contribution in [3.05, 3.63) is 47.8 Å². The van der Waals surface area contributed by atoms with Gasteiger partial charge in [0.15, 0.2) is 11.0 Å². The predicted molar refractivity (Wildman–Crippen MR) is 88.7 cm³/mol. The van der Waals surface area contributed by atoms with Gasteiger partial charge in [0.25, 0.3) is 0 Å². The zero-order valence-electron chi connectivity index (χ0n) is 12.6. The summed E-state index contributed by atoms with van der Waals surface area (Å²) in [5, 5.41) is 9.46. The number of carbonyl (C=O) groups excluding carboxylic acids is 1. The second-order valence-corrected chi connectivity index (χ2v) is 5.78. The van der Waals surface area contributed by atoms with Crippen LogP contribution in [0.15, 0.2) is 42.1 Å². The zero-order chi connectivity index (χ0) is 16.7. The van der Waals surface area contributed by atoms with Crippen molar-refractivity contribution in [3.63, 3.8) is 0 Å². The van der Waals surface area contributed by atoms with Gasteiger partial charge in [-0.3, -0.25) is 9.36 Å². The van der Waals surface area contributed by atoms with Crippen LogP contribution < -0.4 is 4.74 Å². The molecule has 8 heteroatoms. The Hall–Kier alpha value is -1.99. The lowest BCUT2D eigenvalue weighted by Crippen LogP contribution is -2.09. The van der Waals surface area contributed by atoms with Gasteiger partial charge in [-0.2, -0.15) is 0 Å². The monoisotopic (exact) mass is 353 g/mol. The standard InChI is InChI=1S/C15H16ClN3O3S/c1-3-8-19-13(9-22-12-6-4-11(16)5-7-12)17-18-15(19)23-10-14(20)21-2/h3-7H,1,8-10H2,2H3. The van der Waals surface area contributed by atoms with Crippen molar-refractivity contribution in [2.24, 2.45) is 0 Å². The van der Waals surface area contributed by atoms with Crippen LogP contribution in [0.4, 0.5) is 0 Å². The Morgan fingerprint density at radius 1 is 1.39 bits per heavy atom. The van der Waals surface area contributed by atoms with E-state index in [-0.39, 0.29) is 18.3 Å². The molecule has 1 aromatic heterocycles. The summed E-state index contributed by atoms with van der Waals surface area (Å²) in [6.45, 7) is 4.50. The van der Waals surface area contributed by atoms with Gasteiger partial charge in [-0.15, -0.1) is 16.8 Å². The maximum atomic E-state index is 11.2. The van der Waals surface area contributed by atoms with E-state index in [9.17, 15) is 4.79 Å². The minimum Gasteiger partial charge on any atom is -0.486 e. The topological polar surface area (TPSA) is 66.2 Å². The summed E-state index contributed by atoms with van der Waals surface area (Å²) in [6, 6.07) is 7.07. The number of allylic oxidation sites excluding steroid dienone is 1. The number of thioether (sulfide) groups is 1. The summed E-state index contributed by atoms with van der Waals surface area (Å²) in [5.41, 5.74) is 0. The number of ether oxygens (including phenoxy) is 2. The molecule has 0 bridgehead atoms. The fourth-order valence-corrected chi connectivity index (χ4v) is 2.63. The van der Waals surface area contributed by atoms with Gasteiger partial charge in [-0.1, -0.05) is 29.4 Å². The van der Waals surface area contributed by atoms with Gasteiger partial charge >= 0.3 is 5.97 Å². The van der Waals surface area contributed by atoms with Crippen molar-refractivity contribution in [1.29, 1.82) is 0 Å². The number of hydrogen-bond acceptors (Lipinski definition) is 6. The van der Waals surface area contributed by atoms with Gasteiger partial charge in [0.05, 0.1) is 12.9 Å². The highest BCUT2D eigenvalue weighted by Gasteiger charge is 2.14. The molecule has 0 radical (unpaired) electrons. The first-order valence-corrected chi connectivity index (χ1v) is 8.11. The molecule has 0 aliphatic rings. The van der Waals surface area contributed by atoms with Crippen LogP contribution in [-0.2, 0) is 22.7 Å². The molecule has 122 valence electrons. The van der Waals surface area contributed by atoms with Crippen molar-refractivity contribution in [2.75, 3.05) is 12.9 Å². The normalized spacial score (nSPS) is 10.3. The molecule has 0 fully saturated rings. The van der Waals surface area contributed by atoms with Crippen LogP contribution in [0.2, 0.25) is 5.02 Å². The molecule has 23 heavy (non-hydrogen) atoms. The molecule has 0 saturated heterocycles. The predicted octanol–water partition coefficient (Wildman–Crippen LogP) is 2.96. The first-order chi connectivity index (χ1) is 11.1. The van der Waals surface area contributed by atoms with Gasteiger partial charge in [0.2, 0.25) is 0 Å². The summed E-state index contributed by atoms with van der Waals surface area (Å²) in [6.07, 6.45) is 1.73. The van der Waals surface area contributed by atoms with Crippen molar-refractivity contribution < 1.29 is 14.3 Å². The van der Waals surface area contributed by atoms with E-state index in [0.717, 1.165) is 0 Å². The second kappa shape index (κ2) is 8.59. The average Bonchev–Trinajstić information content (AvgIpc) is 2.94. The number of benzene rings is 1. The van der Waals surface area contributed by atoms with Crippen LogP contribution in [-0.4, -0.2) is 33.6 Å². The fraction of sp³-hybridized carbons (Fsp3) is 0.267. The Morgan fingerprint density at radius 3 is 2.78 bits per heavy atom. The highest BCUT2D eigenvalue weighted by molar-refractivity contribution is 7.99. The molecule has 2 aromatic rings. The average molecular weight is 354 g/mol. The van der Waals surface area contributed by atoms with Crippen LogP contribution in [0.1, 0.15) is 5.82 Å². The largest absolute Gasteiger partial charge is 0.486 e. The molecule has 1 heterocycles. The van der Waals surface area contributed by atoms with E-state index < -0.39 is 0 Å². The SMILES string of the molecule is C=CCn1c(COc2ccc(Cl)cc2)nnc1SCC(=O)OC. The molecule has 0 saturated carbocycles. The second-order valence-electron chi connectivity index (χ2n) is 4.41. The third kappa shape index (κ3) is 5.01. The molecule has 0 amide bonds. The lowest BCUT2D eigenvalue weighted by atomic mass is 10.3. The first kappa shape index (κ1) is 17.4. The number of esters is 1. The Labute approximate surface area is 143 Å². The van der Waals surface area contributed by atoms with E-state index in [1.165, 1.54) is 18.9 Å². The molecular weight excluding hydrogens is 338 g/mol. The Morgan fingerprint density at radius 2 is 2.13 bits per heavy atom. The van der Waals surface area contributed by atoms with E-state index in [1.54, 1.807) is 30.3 Å². The third-order valence-electron chi connectivity index (χ3n) is 2.83. The maximum absolute atomic E-state index is 11.2. The Bertz CT molecular complexity index is 673. The molecule has 0 aliphatic heterocycles. The number of halogens is 1. The third-order valence-corrected chi connectivity index (χ3v) is 4.03. The number of nitrogens with zero attached hydrogens (tertiary/aromatic N) is 3. The van der Waals surface area contributed by atoms with Crippen molar-refractivity contribution in [3.8, 4) is 5.75 Å². The van der Waals surface area contributed by atoms with Gasteiger partial charge < -0.3 is 9.47 Å². The first-order valence-electron chi connectivity index (χ1n) is 6.75. The fourth-order valence-electron chi connectivity index (χ4n) is 1.71. The summed E-state index contributed by atoms with van der Waals surface area (Å²) in [5.74, 6) is 1.18. The van der Waals surface area contributed by atoms with Gasteiger partial charge in [0.1, 0.15) is 12.4 Å². The van der Waals surface area contributed by atoms with E-state index in [0.29, 0.717) is 28.3 Å². The molecule has 2 rings (SSSR count). The van der Waals surface area contributed by atoms with Gasteiger partial charge in [0, 0.05) is 11.6 Å². The van der Waals surface area contributed by atoms with Crippen LogP contribution in [0.25, 0.3) is 0 Å². The number of carbonyl (C=O) groups is 1. The summed E-state index contributed by atoms with van der Waals surface area (Å²) in [4.78, 5) is 11.2. The van der Waals surface area contributed by atoms with Gasteiger partial charge in [-0.25, -0.2) is 0 Å². The van der Waals surface area contributed by atoms with E-state index in [1.807, 2.05) is 4.57 Å². The molecule has 0 aliphatic carbocycles. The molecular formula is C15H16ClN3O3S. The zero-order valence-corrected chi connectivity index (χ0v) is 14.1. The quantitative estimate of drug-likeness (QED) is 0.413. The summed E-state index contributed by atoms with van der Waals surface area (Å²) >= 11 is 7.10. The van der Waals surface area contributed by atoms with Crippen LogP contribution in [0.3, 0.4) is 0 Å². The lowest BCUT2D eigenvalue weighted by molar-refractivity contribution is -0.137. The van der Waals surface area contributed by atoms with Crippen molar-refractivity contribution in [2.45, 2.75) is 18.3 Å². The van der Waals surface area contributed by atoms with Crippen LogP contribution in [0.5, 0.6) is 5.75 Å². The molecule has 0 atom stereocenters. The smallest absolute Gasteiger partial charge is 0.316 e. The van der Waals surface area contributed by atoms with Crippen LogP contribution >= 0.6 is 23.4 Å². The summed E-state index contributed by atoms with van der Waals surface area (Å²) in [7, 11) is 1.35. The van der Waals surface area contributed by atoms with Gasteiger partial charge in [-0.05, 0) is 24.3 Å². The molecule has 0 spiro atoms. The number of aromatic nitrogens is 3. The molecule has 1 aromatic carbocycles. The number of rotatable bonds is 8. The lowest BCUT2D eigenvalue weighted by Gasteiger charge is -2.09. The van der Waals surface area contributed by atoms with E-state index >= 15 is 0 Å².